The fourth-order valence-corrected chi connectivity index (χ4v) is 3.16. The van der Waals surface area contributed by atoms with Crippen molar-refractivity contribution in [2.24, 2.45) is 0 Å². The third-order valence-electron chi connectivity index (χ3n) is 3.98. The van der Waals surface area contributed by atoms with Gasteiger partial charge in [0.15, 0.2) is 18.1 Å². The smallest absolute Gasteiger partial charge is 0.279 e. The number of rotatable bonds is 7. The van der Waals surface area contributed by atoms with Crippen LogP contribution in [0, 0.1) is 12.7 Å². The van der Waals surface area contributed by atoms with Crippen LogP contribution in [0.2, 0.25) is 0 Å². The summed E-state index contributed by atoms with van der Waals surface area (Å²) in [6.07, 6.45) is 0. The molecular formula is C19H23BrFN2O2+. The molecule has 0 aliphatic heterocycles. The van der Waals surface area contributed by atoms with Crippen LogP contribution in [-0.2, 0) is 11.3 Å². The summed E-state index contributed by atoms with van der Waals surface area (Å²) in [7, 11) is 1.44. The standard InChI is InChI=1S/C19H22BrFN2O2/c1-4-23(11-14-6-8-18(25-3)16(21)10-14)12-19(24)22-17-7-5-13(2)9-15(17)20/h5-10H,4,11-12H2,1-3H3,(H,22,24)/p+1. The summed E-state index contributed by atoms with van der Waals surface area (Å²) in [4.78, 5) is 13.4. The van der Waals surface area contributed by atoms with Gasteiger partial charge in [-0.2, -0.15) is 0 Å². The summed E-state index contributed by atoms with van der Waals surface area (Å²) < 4.78 is 19.6. The number of carbonyl (C=O) groups excluding carboxylic acids is 1. The minimum Gasteiger partial charge on any atom is -0.494 e. The third kappa shape index (κ3) is 5.54. The van der Waals surface area contributed by atoms with Gasteiger partial charge >= 0.3 is 0 Å². The van der Waals surface area contributed by atoms with Gasteiger partial charge in [-0.05, 0) is 65.7 Å². The number of anilines is 1. The summed E-state index contributed by atoms with van der Waals surface area (Å²) >= 11 is 3.46. The van der Waals surface area contributed by atoms with E-state index in [1.807, 2.05) is 38.1 Å². The lowest BCUT2D eigenvalue weighted by molar-refractivity contribution is -0.903. The number of methoxy groups -OCH3 is 1. The number of aryl methyl sites for hydroxylation is 1. The van der Waals surface area contributed by atoms with Gasteiger partial charge in [-0.1, -0.05) is 6.07 Å². The summed E-state index contributed by atoms with van der Waals surface area (Å²) in [5.74, 6) is -0.234. The quantitative estimate of drug-likeness (QED) is 0.737. The number of hydrogen-bond acceptors (Lipinski definition) is 2. The highest BCUT2D eigenvalue weighted by molar-refractivity contribution is 9.10. The van der Waals surface area contributed by atoms with Crippen molar-refractivity contribution < 1.29 is 18.8 Å². The van der Waals surface area contributed by atoms with Crippen molar-refractivity contribution in [1.29, 1.82) is 0 Å². The topological polar surface area (TPSA) is 42.8 Å². The fourth-order valence-electron chi connectivity index (χ4n) is 2.56. The average Bonchev–Trinajstić information content (AvgIpc) is 2.57. The third-order valence-corrected chi connectivity index (χ3v) is 4.64. The number of ether oxygens (including phenoxy) is 1. The Labute approximate surface area is 156 Å². The van der Waals surface area contributed by atoms with E-state index in [1.54, 1.807) is 6.07 Å². The van der Waals surface area contributed by atoms with Crippen LogP contribution >= 0.6 is 15.9 Å². The highest BCUT2D eigenvalue weighted by Crippen LogP contribution is 2.23. The van der Waals surface area contributed by atoms with Crippen molar-refractivity contribution in [3.05, 3.63) is 57.8 Å². The maximum atomic E-state index is 13.8. The minimum absolute atomic E-state index is 0.0737. The first-order valence-corrected chi connectivity index (χ1v) is 8.94. The molecule has 0 fully saturated rings. The van der Waals surface area contributed by atoms with Crippen molar-refractivity contribution in [3.63, 3.8) is 0 Å². The number of quaternary nitrogens is 1. The zero-order chi connectivity index (χ0) is 18.4. The summed E-state index contributed by atoms with van der Waals surface area (Å²) in [5, 5.41) is 2.92. The van der Waals surface area contributed by atoms with Crippen LogP contribution in [0.4, 0.5) is 10.1 Å². The maximum absolute atomic E-state index is 13.8. The molecule has 134 valence electrons. The molecule has 25 heavy (non-hydrogen) atoms. The van der Waals surface area contributed by atoms with Gasteiger partial charge in [0, 0.05) is 10.0 Å². The van der Waals surface area contributed by atoms with Crippen LogP contribution in [0.25, 0.3) is 0 Å². The second kappa shape index (κ2) is 8.97. The number of likely N-dealkylation sites (N-methyl/N-ethyl adjacent to an activating group) is 1. The van der Waals surface area contributed by atoms with Gasteiger partial charge in [-0.25, -0.2) is 4.39 Å². The van der Waals surface area contributed by atoms with Gasteiger partial charge in [-0.15, -0.1) is 0 Å². The molecule has 2 N–H and O–H groups in total. The molecule has 6 heteroatoms. The molecule has 1 atom stereocenters. The molecule has 0 radical (unpaired) electrons. The van der Waals surface area contributed by atoms with Gasteiger partial charge in [-0.3, -0.25) is 4.79 Å². The Kier molecular flexibility index (Phi) is 6.96. The molecule has 2 aromatic rings. The van der Waals surface area contributed by atoms with Gasteiger partial charge < -0.3 is 15.0 Å². The van der Waals surface area contributed by atoms with Crippen LogP contribution in [-0.4, -0.2) is 26.1 Å². The second-order valence-electron chi connectivity index (χ2n) is 5.96. The van der Waals surface area contributed by atoms with Crippen molar-refractivity contribution in [3.8, 4) is 5.75 Å². The van der Waals surface area contributed by atoms with E-state index in [1.165, 1.54) is 13.2 Å². The van der Waals surface area contributed by atoms with Gasteiger partial charge in [0.2, 0.25) is 0 Å². The Morgan fingerprint density at radius 1 is 1.28 bits per heavy atom. The number of amides is 1. The van der Waals surface area contributed by atoms with Gasteiger partial charge in [0.25, 0.3) is 5.91 Å². The SMILES string of the molecule is CC[NH+](CC(=O)Nc1ccc(C)cc1Br)Cc1ccc(OC)c(F)c1. The summed E-state index contributed by atoms with van der Waals surface area (Å²) in [5.41, 5.74) is 2.70. The molecule has 4 nitrogen and oxygen atoms in total. The van der Waals surface area contributed by atoms with Crippen LogP contribution in [0.1, 0.15) is 18.1 Å². The average molecular weight is 410 g/mol. The van der Waals surface area contributed by atoms with Gasteiger partial charge in [0.05, 0.1) is 19.3 Å². The Hall–Kier alpha value is -1.92. The molecule has 0 aliphatic carbocycles. The van der Waals surface area contributed by atoms with E-state index in [-0.39, 0.29) is 17.5 Å². The molecule has 0 heterocycles. The van der Waals surface area contributed by atoms with Crippen molar-refractivity contribution in [2.75, 3.05) is 25.5 Å². The molecule has 1 amide bonds. The van der Waals surface area contributed by atoms with Crippen LogP contribution in [0.15, 0.2) is 40.9 Å². The fraction of sp³-hybridized carbons (Fsp3) is 0.316. The largest absolute Gasteiger partial charge is 0.494 e. The number of hydrogen-bond donors (Lipinski definition) is 2. The molecular weight excluding hydrogens is 387 g/mol. The molecule has 0 aliphatic rings. The zero-order valence-corrected chi connectivity index (χ0v) is 16.2. The predicted octanol–water partition coefficient (Wildman–Crippen LogP) is 2.95. The highest BCUT2D eigenvalue weighted by Gasteiger charge is 2.15. The van der Waals surface area contributed by atoms with E-state index in [4.69, 9.17) is 4.74 Å². The summed E-state index contributed by atoms with van der Waals surface area (Å²) in [6.45, 7) is 5.64. The highest BCUT2D eigenvalue weighted by atomic mass is 79.9. The molecule has 0 spiro atoms. The number of carbonyl (C=O) groups is 1. The second-order valence-corrected chi connectivity index (χ2v) is 6.81. The molecule has 2 rings (SSSR count). The first-order valence-electron chi connectivity index (χ1n) is 8.15. The lowest BCUT2D eigenvalue weighted by atomic mass is 10.2. The van der Waals surface area contributed by atoms with E-state index >= 15 is 0 Å². The zero-order valence-electron chi connectivity index (χ0n) is 14.7. The lowest BCUT2D eigenvalue weighted by Gasteiger charge is -2.18. The number of benzene rings is 2. The molecule has 0 saturated heterocycles. The molecule has 0 saturated carbocycles. The molecule has 2 aromatic carbocycles. The Morgan fingerprint density at radius 3 is 2.64 bits per heavy atom. The van der Waals surface area contributed by atoms with E-state index < -0.39 is 0 Å². The first kappa shape index (κ1) is 19.4. The van der Waals surface area contributed by atoms with Crippen molar-refractivity contribution >= 4 is 27.5 Å². The number of halogens is 2. The van der Waals surface area contributed by atoms with Gasteiger partial charge in [0.1, 0.15) is 6.54 Å². The Bertz CT molecular complexity index is 752. The van der Waals surface area contributed by atoms with Crippen LogP contribution < -0.4 is 15.0 Å². The normalized spacial score (nSPS) is 11.9. The molecule has 0 aromatic heterocycles. The van der Waals surface area contributed by atoms with Crippen LogP contribution in [0.5, 0.6) is 5.75 Å². The minimum atomic E-state index is -0.386. The lowest BCUT2D eigenvalue weighted by Crippen LogP contribution is -3.11. The van der Waals surface area contributed by atoms with Crippen LogP contribution in [0.3, 0.4) is 0 Å². The van der Waals surface area contributed by atoms with E-state index in [0.29, 0.717) is 13.1 Å². The first-order chi connectivity index (χ1) is 11.9. The van der Waals surface area contributed by atoms with E-state index in [0.717, 1.165) is 32.7 Å². The predicted molar refractivity (Wildman–Crippen MR) is 101 cm³/mol. The van der Waals surface area contributed by atoms with Crippen molar-refractivity contribution in [2.45, 2.75) is 20.4 Å². The Balaban J connectivity index is 1.98. The molecule has 1 unspecified atom stereocenters. The van der Waals surface area contributed by atoms with E-state index in [2.05, 4.69) is 21.2 Å². The monoisotopic (exact) mass is 409 g/mol. The number of nitrogens with one attached hydrogen (secondary N) is 2. The summed E-state index contributed by atoms with van der Waals surface area (Å²) in [6, 6.07) is 10.7. The Morgan fingerprint density at radius 2 is 2.04 bits per heavy atom. The molecule has 0 bridgehead atoms. The van der Waals surface area contributed by atoms with E-state index in [9.17, 15) is 9.18 Å². The van der Waals surface area contributed by atoms with Crippen molar-refractivity contribution in [1.82, 2.24) is 0 Å². The maximum Gasteiger partial charge on any atom is 0.279 e.